The Hall–Kier alpha value is -1.88. The second-order valence-electron chi connectivity index (χ2n) is 3.24. The van der Waals surface area contributed by atoms with Crippen LogP contribution in [-0.2, 0) is 7.05 Å². The molecule has 0 aromatic carbocycles. The van der Waals surface area contributed by atoms with Gasteiger partial charge in [0, 0.05) is 13.2 Å². The van der Waals surface area contributed by atoms with Crippen LogP contribution in [0.5, 0.6) is 0 Å². The molecule has 2 rings (SSSR count). The predicted octanol–water partition coefficient (Wildman–Crippen LogP) is 1.83. The maximum atomic E-state index is 10.8. The van der Waals surface area contributed by atoms with Crippen molar-refractivity contribution in [2.24, 2.45) is 7.05 Å². The molecular weight excluding hydrogens is 230 g/mol. The van der Waals surface area contributed by atoms with Crippen molar-refractivity contribution in [3.8, 4) is 11.4 Å². The molecule has 2 heterocycles. The number of carboxylic acid groups (broad SMARTS) is 1. The van der Waals surface area contributed by atoms with Crippen molar-refractivity contribution < 1.29 is 9.90 Å². The van der Waals surface area contributed by atoms with Crippen molar-refractivity contribution in [2.45, 2.75) is 0 Å². The lowest BCUT2D eigenvalue weighted by molar-refractivity contribution is 0.0697. The van der Waals surface area contributed by atoms with E-state index >= 15 is 0 Å². The van der Waals surface area contributed by atoms with Crippen LogP contribution in [0.3, 0.4) is 0 Å². The van der Waals surface area contributed by atoms with Gasteiger partial charge in [-0.3, -0.25) is 4.68 Å². The van der Waals surface area contributed by atoms with E-state index in [-0.39, 0.29) is 10.7 Å². The van der Waals surface area contributed by atoms with Gasteiger partial charge in [-0.25, -0.2) is 9.78 Å². The molecule has 2 aromatic heterocycles. The van der Waals surface area contributed by atoms with Crippen molar-refractivity contribution in [1.82, 2.24) is 14.8 Å². The molecule has 2 aromatic rings. The summed E-state index contributed by atoms with van der Waals surface area (Å²) < 4.78 is 1.61. The van der Waals surface area contributed by atoms with Crippen LogP contribution in [-0.4, -0.2) is 25.8 Å². The monoisotopic (exact) mass is 237 g/mol. The number of rotatable bonds is 2. The summed E-state index contributed by atoms with van der Waals surface area (Å²) in [6.45, 7) is 0. The van der Waals surface area contributed by atoms with Gasteiger partial charge in [0.2, 0.25) is 0 Å². The Morgan fingerprint density at radius 2 is 2.19 bits per heavy atom. The van der Waals surface area contributed by atoms with E-state index in [0.717, 1.165) is 0 Å². The average Bonchev–Trinajstić information content (AvgIpc) is 2.64. The third-order valence-corrected chi connectivity index (χ3v) is 2.21. The van der Waals surface area contributed by atoms with Gasteiger partial charge in [0.05, 0.1) is 11.3 Å². The first kappa shape index (κ1) is 10.6. The highest BCUT2D eigenvalue weighted by molar-refractivity contribution is 6.29. The van der Waals surface area contributed by atoms with E-state index < -0.39 is 5.97 Å². The third-order valence-electron chi connectivity index (χ3n) is 2.02. The van der Waals surface area contributed by atoms with Crippen molar-refractivity contribution in [3.05, 3.63) is 35.1 Å². The molecule has 0 saturated carbocycles. The molecular formula is C10H8ClN3O2. The van der Waals surface area contributed by atoms with Crippen LogP contribution in [0.15, 0.2) is 24.4 Å². The van der Waals surface area contributed by atoms with Crippen LogP contribution < -0.4 is 0 Å². The maximum absolute atomic E-state index is 10.8. The van der Waals surface area contributed by atoms with Crippen molar-refractivity contribution in [1.29, 1.82) is 0 Å². The van der Waals surface area contributed by atoms with E-state index in [1.54, 1.807) is 24.0 Å². The molecule has 0 aliphatic rings. The number of hydrogen-bond donors (Lipinski definition) is 1. The zero-order valence-electron chi connectivity index (χ0n) is 8.38. The minimum atomic E-state index is -1.04. The molecule has 0 saturated heterocycles. The number of carboxylic acids is 1. The molecule has 0 amide bonds. The maximum Gasteiger partial charge on any atom is 0.335 e. The number of aromatic nitrogens is 3. The lowest BCUT2D eigenvalue weighted by Crippen LogP contribution is -1.98. The van der Waals surface area contributed by atoms with Crippen molar-refractivity contribution in [2.75, 3.05) is 0 Å². The van der Waals surface area contributed by atoms with Gasteiger partial charge >= 0.3 is 5.97 Å². The van der Waals surface area contributed by atoms with Crippen LogP contribution in [0.2, 0.25) is 5.15 Å². The molecule has 16 heavy (non-hydrogen) atoms. The molecule has 1 N–H and O–H groups in total. The Kier molecular flexibility index (Phi) is 2.62. The summed E-state index contributed by atoms with van der Waals surface area (Å²) in [7, 11) is 1.77. The Balaban J connectivity index is 2.53. The van der Waals surface area contributed by atoms with Crippen LogP contribution in [0.25, 0.3) is 11.4 Å². The molecule has 5 nitrogen and oxygen atoms in total. The van der Waals surface area contributed by atoms with Crippen LogP contribution >= 0.6 is 11.6 Å². The van der Waals surface area contributed by atoms with Gasteiger partial charge in [0.25, 0.3) is 0 Å². The summed E-state index contributed by atoms with van der Waals surface area (Å²) in [4.78, 5) is 14.9. The summed E-state index contributed by atoms with van der Waals surface area (Å²) in [6.07, 6.45) is 1.75. The topological polar surface area (TPSA) is 68.0 Å². The molecule has 0 unspecified atom stereocenters. The van der Waals surface area contributed by atoms with Crippen LogP contribution in [0.4, 0.5) is 0 Å². The Labute approximate surface area is 96.3 Å². The van der Waals surface area contributed by atoms with Gasteiger partial charge in [-0.1, -0.05) is 11.6 Å². The average molecular weight is 238 g/mol. The van der Waals surface area contributed by atoms with Crippen LogP contribution in [0.1, 0.15) is 10.4 Å². The molecule has 0 aliphatic carbocycles. The van der Waals surface area contributed by atoms with E-state index in [0.29, 0.717) is 11.4 Å². The Morgan fingerprint density at radius 3 is 2.75 bits per heavy atom. The summed E-state index contributed by atoms with van der Waals surface area (Å²) >= 11 is 5.74. The predicted molar refractivity (Wildman–Crippen MR) is 58.4 cm³/mol. The van der Waals surface area contributed by atoms with E-state index in [4.69, 9.17) is 16.7 Å². The lowest BCUT2D eigenvalue weighted by atomic mass is 10.2. The van der Waals surface area contributed by atoms with Crippen LogP contribution in [0, 0.1) is 0 Å². The van der Waals surface area contributed by atoms with Gasteiger partial charge in [-0.05, 0) is 18.2 Å². The van der Waals surface area contributed by atoms with Gasteiger partial charge in [-0.15, -0.1) is 0 Å². The fourth-order valence-electron chi connectivity index (χ4n) is 1.30. The Bertz CT molecular complexity index is 551. The first-order valence-electron chi connectivity index (χ1n) is 4.47. The van der Waals surface area contributed by atoms with Gasteiger partial charge in [0.15, 0.2) is 0 Å². The molecule has 0 radical (unpaired) electrons. The first-order chi connectivity index (χ1) is 7.56. The fraction of sp³-hybridized carbons (Fsp3) is 0.100. The molecule has 0 bridgehead atoms. The van der Waals surface area contributed by atoms with Gasteiger partial charge in [-0.2, -0.15) is 5.10 Å². The molecule has 0 spiro atoms. The number of halogens is 1. The number of hydrogen-bond acceptors (Lipinski definition) is 3. The highest BCUT2D eigenvalue weighted by Gasteiger charge is 2.10. The first-order valence-corrected chi connectivity index (χ1v) is 4.85. The molecule has 0 atom stereocenters. The summed E-state index contributed by atoms with van der Waals surface area (Å²) in [5.74, 6) is -1.04. The second-order valence-corrected chi connectivity index (χ2v) is 3.63. The number of aromatic carboxylic acids is 1. The number of pyridine rings is 1. The standard InChI is InChI=1S/C10H8ClN3O2/c1-14-3-2-7(13-14)8-4-6(10(15)16)5-9(11)12-8/h2-5H,1H3,(H,15,16). The van der Waals surface area contributed by atoms with E-state index in [1.165, 1.54) is 12.1 Å². The zero-order chi connectivity index (χ0) is 11.7. The number of nitrogens with zero attached hydrogens (tertiary/aromatic N) is 3. The van der Waals surface area contributed by atoms with Gasteiger partial charge in [0.1, 0.15) is 10.8 Å². The quantitative estimate of drug-likeness (QED) is 0.810. The number of carbonyl (C=O) groups is 1. The highest BCUT2D eigenvalue weighted by Crippen LogP contribution is 2.19. The number of aryl methyl sites for hydroxylation is 1. The molecule has 82 valence electrons. The third kappa shape index (κ3) is 2.04. The van der Waals surface area contributed by atoms with Crippen molar-refractivity contribution in [3.63, 3.8) is 0 Å². The highest BCUT2D eigenvalue weighted by atomic mass is 35.5. The van der Waals surface area contributed by atoms with E-state index in [1.807, 2.05) is 0 Å². The normalized spacial score (nSPS) is 10.4. The van der Waals surface area contributed by atoms with Crippen molar-refractivity contribution >= 4 is 17.6 Å². The molecule has 0 fully saturated rings. The Morgan fingerprint density at radius 1 is 1.44 bits per heavy atom. The smallest absolute Gasteiger partial charge is 0.335 e. The fourth-order valence-corrected chi connectivity index (χ4v) is 1.51. The lowest BCUT2D eigenvalue weighted by Gasteiger charge is -2.00. The largest absolute Gasteiger partial charge is 0.478 e. The summed E-state index contributed by atoms with van der Waals surface area (Å²) in [6, 6.07) is 4.48. The zero-order valence-corrected chi connectivity index (χ0v) is 9.14. The minimum Gasteiger partial charge on any atom is -0.478 e. The molecule has 0 aliphatic heterocycles. The second kappa shape index (κ2) is 3.94. The van der Waals surface area contributed by atoms with E-state index in [2.05, 4.69) is 10.1 Å². The van der Waals surface area contributed by atoms with Gasteiger partial charge < -0.3 is 5.11 Å². The summed E-state index contributed by atoms with van der Waals surface area (Å²) in [5.41, 5.74) is 1.14. The summed E-state index contributed by atoms with van der Waals surface area (Å²) in [5, 5.41) is 13.1. The van der Waals surface area contributed by atoms with E-state index in [9.17, 15) is 4.79 Å². The molecule has 6 heteroatoms. The SMILES string of the molecule is Cn1ccc(-c2cc(C(=O)O)cc(Cl)n2)n1. The minimum absolute atomic E-state index is 0.0978.